The summed E-state index contributed by atoms with van der Waals surface area (Å²) in [5, 5.41) is 9.24. The summed E-state index contributed by atoms with van der Waals surface area (Å²) in [6, 6.07) is 23.7. The predicted molar refractivity (Wildman–Crippen MR) is 147 cm³/mol. The highest BCUT2D eigenvalue weighted by Crippen LogP contribution is 2.44. The van der Waals surface area contributed by atoms with E-state index in [0.29, 0.717) is 23.2 Å². The topological polar surface area (TPSA) is 69.0 Å². The number of halogens is 1. The molecule has 0 fully saturated rings. The van der Waals surface area contributed by atoms with E-state index in [-0.39, 0.29) is 11.2 Å². The Morgan fingerprint density at radius 1 is 1.08 bits per heavy atom. The quantitative estimate of drug-likeness (QED) is 0.269. The van der Waals surface area contributed by atoms with Gasteiger partial charge in [0, 0.05) is 16.1 Å². The number of aromatic nitrogens is 3. The number of carbonyl (C=O) groups is 1. The molecule has 1 amide bonds. The van der Waals surface area contributed by atoms with Crippen LogP contribution in [0.25, 0.3) is 15.3 Å². The minimum atomic E-state index is -0.0558. The molecule has 0 radical (unpaired) electrons. The standard InChI is InChI=1S/C27H21ClN4O2S2/c1-16-24-25(17-10-12-19(13-11-17)34-14-18-6-2-3-7-20(18)28)35-15-23(33)30-26(24)32(31-16)27-29-21-8-4-5-9-22(21)36-27/h2-13,25H,14-15H2,1H3,(H,30,33)/t25-/m1/s1. The molecule has 3 heterocycles. The van der Waals surface area contributed by atoms with Crippen LogP contribution in [-0.4, -0.2) is 26.4 Å². The van der Waals surface area contributed by atoms with Gasteiger partial charge in [0.25, 0.3) is 0 Å². The third-order valence-electron chi connectivity index (χ3n) is 6.01. The van der Waals surface area contributed by atoms with Crippen molar-refractivity contribution in [1.82, 2.24) is 14.8 Å². The summed E-state index contributed by atoms with van der Waals surface area (Å²) < 4.78 is 8.81. The number of ether oxygens (including phenoxy) is 1. The zero-order chi connectivity index (χ0) is 24.6. The number of carbonyl (C=O) groups excluding carboxylic acids is 1. The largest absolute Gasteiger partial charge is 0.489 e. The number of rotatable bonds is 5. The molecule has 1 N–H and O–H groups in total. The summed E-state index contributed by atoms with van der Waals surface area (Å²) in [6.45, 7) is 2.38. The van der Waals surface area contributed by atoms with Gasteiger partial charge in [0.1, 0.15) is 18.2 Å². The number of fused-ring (bicyclic) bond motifs is 2. The number of hydrogen-bond acceptors (Lipinski definition) is 6. The first kappa shape index (κ1) is 23.1. The van der Waals surface area contributed by atoms with Gasteiger partial charge in [-0.3, -0.25) is 4.79 Å². The third-order valence-corrected chi connectivity index (χ3v) is 8.66. The lowest BCUT2D eigenvalue weighted by atomic mass is 10.0. The Bertz CT molecular complexity index is 1550. The summed E-state index contributed by atoms with van der Waals surface area (Å²) in [4.78, 5) is 17.4. The molecule has 1 aliphatic rings. The zero-order valence-corrected chi connectivity index (χ0v) is 21.7. The lowest BCUT2D eigenvalue weighted by Gasteiger charge is -2.16. The van der Waals surface area contributed by atoms with Gasteiger partial charge in [-0.05, 0) is 42.8 Å². The molecular formula is C27H21ClN4O2S2. The second-order valence-electron chi connectivity index (χ2n) is 8.41. The predicted octanol–water partition coefficient (Wildman–Crippen LogP) is 6.80. The molecule has 9 heteroatoms. The Balaban J connectivity index is 1.32. The smallest absolute Gasteiger partial charge is 0.235 e. The Morgan fingerprint density at radius 3 is 2.67 bits per heavy atom. The van der Waals surface area contributed by atoms with Crippen LogP contribution in [0.5, 0.6) is 5.75 Å². The van der Waals surface area contributed by atoms with Gasteiger partial charge in [0.2, 0.25) is 11.0 Å². The van der Waals surface area contributed by atoms with Crippen molar-refractivity contribution >= 4 is 56.6 Å². The molecule has 180 valence electrons. The van der Waals surface area contributed by atoms with Crippen LogP contribution < -0.4 is 10.1 Å². The van der Waals surface area contributed by atoms with E-state index in [1.54, 1.807) is 27.8 Å². The lowest BCUT2D eigenvalue weighted by molar-refractivity contribution is -0.113. The molecule has 0 unspecified atom stereocenters. The van der Waals surface area contributed by atoms with E-state index in [0.717, 1.165) is 43.5 Å². The Kier molecular flexibility index (Phi) is 6.17. The van der Waals surface area contributed by atoms with E-state index in [1.165, 1.54) is 0 Å². The van der Waals surface area contributed by atoms with E-state index in [9.17, 15) is 4.79 Å². The number of para-hydroxylation sites is 1. The van der Waals surface area contributed by atoms with Crippen molar-refractivity contribution in [2.24, 2.45) is 0 Å². The Labute approximate surface area is 221 Å². The molecule has 2 aromatic heterocycles. The van der Waals surface area contributed by atoms with Gasteiger partial charge < -0.3 is 10.1 Å². The maximum absolute atomic E-state index is 12.7. The van der Waals surface area contributed by atoms with E-state index >= 15 is 0 Å². The SMILES string of the molecule is Cc1nn(-c2nc3ccccc3s2)c2c1[C@@H](c1ccc(OCc3ccccc3Cl)cc1)SCC(=O)N2. The van der Waals surface area contributed by atoms with Gasteiger partial charge in [0.15, 0.2) is 0 Å². The highest BCUT2D eigenvalue weighted by atomic mass is 35.5. The van der Waals surface area contributed by atoms with E-state index < -0.39 is 0 Å². The monoisotopic (exact) mass is 532 g/mol. The van der Waals surface area contributed by atoms with Gasteiger partial charge >= 0.3 is 0 Å². The summed E-state index contributed by atoms with van der Waals surface area (Å²) >= 11 is 9.40. The molecule has 0 spiro atoms. The number of nitrogens with one attached hydrogen (secondary N) is 1. The molecule has 0 bridgehead atoms. The second kappa shape index (κ2) is 9.61. The van der Waals surface area contributed by atoms with E-state index in [1.807, 2.05) is 79.7 Å². The number of nitrogens with zero attached hydrogens (tertiary/aromatic N) is 3. The van der Waals surface area contributed by atoms with Crippen LogP contribution in [0.1, 0.15) is 27.6 Å². The van der Waals surface area contributed by atoms with Crippen molar-refractivity contribution < 1.29 is 9.53 Å². The van der Waals surface area contributed by atoms with Crippen LogP contribution >= 0.6 is 34.7 Å². The van der Waals surface area contributed by atoms with Crippen molar-refractivity contribution in [3.05, 3.63) is 100 Å². The summed E-state index contributed by atoms with van der Waals surface area (Å²) in [6.07, 6.45) is 0. The van der Waals surface area contributed by atoms with Crippen LogP contribution in [0.15, 0.2) is 72.8 Å². The number of hydrogen-bond donors (Lipinski definition) is 1. The summed E-state index contributed by atoms with van der Waals surface area (Å²) in [5.74, 6) is 1.74. The van der Waals surface area contributed by atoms with Crippen molar-refractivity contribution in [2.75, 3.05) is 11.1 Å². The first-order valence-electron chi connectivity index (χ1n) is 11.4. The average molecular weight is 533 g/mol. The van der Waals surface area contributed by atoms with Crippen molar-refractivity contribution in [3.8, 4) is 10.9 Å². The highest BCUT2D eigenvalue weighted by Gasteiger charge is 2.31. The molecule has 0 aliphatic carbocycles. The maximum Gasteiger partial charge on any atom is 0.235 e. The number of benzene rings is 3. The normalized spacial score (nSPS) is 15.4. The van der Waals surface area contributed by atoms with Crippen LogP contribution in [0.4, 0.5) is 5.82 Å². The van der Waals surface area contributed by atoms with Crippen molar-refractivity contribution in [1.29, 1.82) is 0 Å². The minimum absolute atomic E-state index is 0.0503. The van der Waals surface area contributed by atoms with E-state index in [4.69, 9.17) is 26.4 Å². The molecular weight excluding hydrogens is 512 g/mol. The first-order chi connectivity index (χ1) is 17.6. The number of thiazole rings is 1. The molecule has 1 aliphatic heterocycles. The highest BCUT2D eigenvalue weighted by molar-refractivity contribution is 8.00. The molecule has 0 saturated heterocycles. The summed E-state index contributed by atoms with van der Waals surface area (Å²) in [7, 11) is 0. The number of aryl methyl sites for hydroxylation is 1. The molecule has 6 nitrogen and oxygen atoms in total. The average Bonchev–Trinajstić information content (AvgIpc) is 3.40. The zero-order valence-electron chi connectivity index (χ0n) is 19.3. The van der Waals surface area contributed by atoms with Gasteiger partial charge in [-0.15, -0.1) is 11.8 Å². The van der Waals surface area contributed by atoms with Crippen LogP contribution in [0.2, 0.25) is 5.02 Å². The van der Waals surface area contributed by atoms with Crippen LogP contribution in [0, 0.1) is 6.92 Å². The molecule has 3 aromatic carbocycles. The molecule has 6 rings (SSSR count). The summed E-state index contributed by atoms with van der Waals surface area (Å²) in [5.41, 5.74) is 4.79. The van der Waals surface area contributed by atoms with Crippen LogP contribution in [-0.2, 0) is 11.4 Å². The molecule has 36 heavy (non-hydrogen) atoms. The van der Waals surface area contributed by atoms with Gasteiger partial charge in [-0.25, -0.2) is 4.98 Å². The number of anilines is 1. The molecule has 5 aromatic rings. The first-order valence-corrected chi connectivity index (χ1v) is 13.6. The van der Waals surface area contributed by atoms with Crippen molar-refractivity contribution in [3.63, 3.8) is 0 Å². The number of amides is 1. The molecule has 1 atom stereocenters. The maximum atomic E-state index is 12.7. The van der Waals surface area contributed by atoms with Gasteiger partial charge in [0.05, 0.1) is 26.9 Å². The Hall–Kier alpha value is -3.33. The van der Waals surface area contributed by atoms with E-state index in [2.05, 4.69) is 5.32 Å². The van der Waals surface area contributed by atoms with Crippen LogP contribution in [0.3, 0.4) is 0 Å². The lowest BCUT2D eigenvalue weighted by Crippen LogP contribution is -2.15. The fraction of sp³-hybridized carbons (Fsp3) is 0.148. The van der Waals surface area contributed by atoms with Gasteiger partial charge in [-0.1, -0.05) is 65.4 Å². The minimum Gasteiger partial charge on any atom is -0.489 e. The molecule has 0 saturated carbocycles. The third kappa shape index (κ3) is 4.36. The number of thioether (sulfide) groups is 1. The Morgan fingerprint density at radius 2 is 1.86 bits per heavy atom. The fourth-order valence-corrected chi connectivity index (χ4v) is 6.55. The fourth-order valence-electron chi connectivity index (χ4n) is 4.25. The van der Waals surface area contributed by atoms with Crippen molar-refractivity contribution in [2.45, 2.75) is 18.8 Å². The van der Waals surface area contributed by atoms with Gasteiger partial charge in [-0.2, -0.15) is 9.78 Å². The second-order valence-corrected chi connectivity index (χ2v) is 10.9.